The average Bonchev–Trinajstić information content (AvgIpc) is 2.40. The van der Waals surface area contributed by atoms with Gasteiger partial charge in [-0.05, 0) is 25.0 Å². The zero-order valence-corrected chi connectivity index (χ0v) is 12.1. The number of alkyl halides is 1. The van der Waals surface area contributed by atoms with Crippen LogP contribution >= 0.6 is 27.5 Å². The molecule has 0 unspecified atom stereocenters. The number of pyridine rings is 1. The van der Waals surface area contributed by atoms with Gasteiger partial charge in [0.1, 0.15) is 5.69 Å². The number of amides is 1. The van der Waals surface area contributed by atoms with Crippen LogP contribution in [0.1, 0.15) is 23.3 Å². The molecule has 2 rings (SSSR count). The molecular weight excluding hydrogens is 320 g/mol. The van der Waals surface area contributed by atoms with Crippen LogP contribution in [-0.2, 0) is 4.74 Å². The van der Waals surface area contributed by atoms with Crippen LogP contribution in [0.25, 0.3) is 0 Å². The van der Waals surface area contributed by atoms with E-state index in [2.05, 4.69) is 26.2 Å². The Bertz CT molecular complexity index is 419. The van der Waals surface area contributed by atoms with Crippen molar-refractivity contribution in [3.05, 3.63) is 29.0 Å². The molecule has 2 heterocycles. The molecule has 0 spiro atoms. The summed E-state index contributed by atoms with van der Waals surface area (Å²) in [6.45, 7) is 1.33. The summed E-state index contributed by atoms with van der Waals surface area (Å²) < 4.78 is 5.32. The summed E-state index contributed by atoms with van der Waals surface area (Å²) in [5.74, 6) is -0.173. The first-order valence-corrected chi connectivity index (χ1v) is 7.23. The second-order valence-corrected chi connectivity index (χ2v) is 5.34. The number of nitrogens with one attached hydrogen (secondary N) is 1. The number of hydrogen-bond donors (Lipinski definition) is 1. The van der Waals surface area contributed by atoms with Crippen molar-refractivity contribution >= 4 is 33.4 Å². The lowest BCUT2D eigenvalue weighted by Crippen LogP contribution is -2.53. The first kappa shape index (κ1) is 13.8. The lowest BCUT2D eigenvalue weighted by molar-refractivity contribution is 0.0440. The maximum absolute atomic E-state index is 12.1. The van der Waals surface area contributed by atoms with Crippen LogP contribution in [0.4, 0.5) is 0 Å². The van der Waals surface area contributed by atoms with E-state index < -0.39 is 0 Å². The van der Waals surface area contributed by atoms with E-state index in [9.17, 15) is 4.79 Å². The molecule has 0 radical (unpaired) electrons. The smallest absolute Gasteiger partial charge is 0.270 e. The van der Waals surface area contributed by atoms with Gasteiger partial charge in [0.15, 0.2) is 0 Å². The van der Waals surface area contributed by atoms with Crippen molar-refractivity contribution in [3.8, 4) is 0 Å². The summed E-state index contributed by atoms with van der Waals surface area (Å²) in [4.78, 5) is 16.1. The van der Waals surface area contributed by atoms with Gasteiger partial charge in [-0.3, -0.25) is 4.79 Å². The largest absolute Gasteiger partial charge is 0.381 e. The van der Waals surface area contributed by atoms with Crippen LogP contribution in [0.15, 0.2) is 18.3 Å². The number of ether oxygens (including phenoxy) is 1. The van der Waals surface area contributed by atoms with Crippen molar-refractivity contribution in [2.75, 3.05) is 18.5 Å². The summed E-state index contributed by atoms with van der Waals surface area (Å²) >= 11 is 9.21. The van der Waals surface area contributed by atoms with E-state index >= 15 is 0 Å². The van der Waals surface area contributed by atoms with Gasteiger partial charge in [-0.25, -0.2) is 4.98 Å². The molecule has 0 atom stereocenters. The Morgan fingerprint density at radius 1 is 1.50 bits per heavy atom. The van der Waals surface area contributed by atoms with Gasteiger partial charge in [-0.2, -0.15) is 0 Å². The van der Waals surface area contributed by atoms with Crippen molar-refractivity contribution in [3.63, 3.8) is 0 Å². The molecule has 18 heavy (non-hydrogen) atoms. The van der Waals surface area contributed by atoms with Crippen molar-refractivity contribution < 1.29 is 9.53 Å². The van der Waals surface area contributed by atoms with Crippen LogP contribution in [0.5, 0.6) is 0 Å². The molecule has 0 aliphatic carbocycles. The molecular formula is C12H14BrClN2O2. The normalized spacial score (nSPS) is 18.3. The summed E-state index contributed by atoms with van der Waals surface area (Å²) in [7, 11) is 0. The van der Waals surface area contributed by atoms with Gasteiger partial charge in [-0.15, -0.1) is 0 Å². The number of nitrogens with zero attached hydrogens (tertiary/aromatic N) is 1. The Morgan fingerprint density at radius 2 is 2.22 bits per heavy atom. The van der Waals surface area contributed by atoms with Crippen molar-refractivity contribution in [2.45, 2.75) is 18.4 Å². The van der Waals surface area contributed by atoms with Crippen molar-refractivity contribution in [1.29, 1.82) is 0 Å². The molecule has 1 aromatic heterocycles. The van der Waals surface area contributed by atoms with Gasteiger partial charge >= 0.3 is 0 Å². The number of hydrogen-bond acceptors (Lipinski definition) is 3. The quantitative estimate of drug-likeness (QED) is 0.864. The summed E-state index contributed by atoms with van der Waals surface area (Å²) in [6.07, 6.45) is 3.08. The van der Waals surface area contributed by atoms with E-state index in [0.29, 0.717) is 29.3 Å². The van der Waals surface area contributed by atoms with Gasteiger partial charge in [0.25, 0.3) is 5.91 Å². The van der Waals surface area contributed by atoms with E-state index in [4.69, 9.17) is 16.3 Å². The Kier molecular flexibility index (Phi) is 4.59. The maximum atomic E-state index is 12.1. The second kappa shape index (κ2) is 5.99. The zero-order valence-electron chi connectivity index (χ0n) is 9.79. The molecule has 98 valence electrons. The Hall–Kier alpha value is -0.650. The number of aromatic nitrogens is 1. The SMILES string of the molecule is O=C(NC1(CBr)CCOCC1)c1ccc(Cl)cn1. The van der Waals surface area contributed by atoms with E-state index in [0.717, 1.165) is 12.8 Å². The summed E-state index contributed by atoms with van der Waals surface area (Å²) in [6, 6.07) is 3.28. The number of carbonyl (C=O) groups excluding carboxylic acids is 1. The number of rotatable bonds is 3. The van der Waals surface area contributed by atoms with Crippen molar-refractivity contribution in [2.24, 2.45) is 0 Å². The molecule has 1 aliphatic rings. The first-order chi connectivity index (χ1) is 8.65. The van der Waals surface area contributed by atoms with Gasteiger partial charge in [0.05, 0.1) is 10.6 Å². The monoisotopic (exact) mass is 332 g/mol. The zero-order chi connectivity index (χ0) is 13.0. The highest BCUT2D eigenvalue weighted by Crippen LogP contribution is 2.23. The minimum absolute atomic E-state index is 0.173. The molecule has 1 N–H and O–H groups in total. The Labute approximate surface area is 119 Å². The number of halogens is 2. The van der Waals surface area contributed by atoms with E-state index in [1.54, 1.807) is 12.1 Å². The summed E-state index contributed by atoms with van der Waals surface area (Å²) in [5, 5.41) is 4.28. The minimum atomic E-state index is -0.239. The minimum Gasteiger partial charge on any atom is -0.381 e. The predicted molar refractivity (Wildman–Crippen MR) is 73.3 cm³/mol. The molecule has 0 bridgehead atoms. The highest BCUT2D eigenvalue weighted by Gasteiger charge is 2.33. The topological polar surface area (TPSA) is 51.2 Å². The highest BCUT2D eigenvalue weighted by molar-refractivity contribution is 9.09. The third-order valence-corrected chi connectivity index (χ3v) is 4.34. The van der Waals surface area contributed by atoms with E-state index in [-0.39, 0.29) is 11.4 Å². The van der Waals surface area contributed by atoms with Crippen LogP contribution < -0.4 is 5.32 Å². The number of carbonyl (C=O) groups is 1. The lowest BCUT2D eigenvalue weighted by Gasteiger charge is -2.36. The van der Waals surface area contributed by atoms with Gasteiger partial charge in [0, 0.05) is 24.7 Å². The van der Waals surface area contributed by atoms with E-state index in [1.807, 2.05) is 0 Å². The first-order valence-electron chi connectivity index (χ1n) is 5.73. The molecule has 1 aliphatic heterocycles. The fourth-order valence-corrected chi connectivity index (χ4v) is 2.68. The van der Waals surface area contributed by atoms with Gasteiger partial charge in [0.2, 0.25) is 0 Å². The fraction of sp³-hybridized carbons (Fsp3) is 0.500. The average molecular weight is 334 g/mol. The summed E-state index contributed by atoms with van der Waals surface area (Å²) in [5.41, 5.74) is 0.141. The lowest BCUT2D eigenvalue weighted by atomic mass is 9.92. The third-order valence-electron chi connectivity index (χ3n) is 3.04. The van der Waals surface area contributed by atoms with Crippen LogP contribution in [-0.4, -0.2) is 35.0 Å². The molecule has 1 fully saturated rings. The second-order valence-electron chi connectivity index (χ2n) is 4.34. The molecule has 0 saturated carbocycles. The predicted octanol–water partition coefficient (Wildman–Crippen LogP) is 2.41. The molecule has 6 heteroatoms. The molecule has 0 aromatic carbocycles. The Morgan fingerprint density at radius 3 is 2.78 bits per heavy atom. The van der Waals surface area contributed by atoms with Gasteiger partial charge in [-0.1, -0.05) is 27.5 Å². The standard InChI is InChI=1S/C12H14BrClN2O2/c13-8-12(3-5-18-6-4-12)16-11(17)10-2-1-9(14)7-15-10/h1-2,7H,3-6,8H2,(H,16,17). The Balaban J connectivity index is 2.07. The molecule has 1 aromatic rings. The van der Waals surface area contributed by atoms with E-state index in [1.165, 1.54) is 6.20 Å². The van der Waals surface area contributed by atoms with Gasteiger partial charge < -0.3 is 10.1 Å². The van der Waals surface area contributed by atoms with Crippen molar-refractivity contribution in [1.82, 2.24) is 10.3 Å². The van der Waals surface area contributed by atoms with Crippen LogP contribution in [0.3, 0.4) is 0 Å². The highest BCUT2D eigenvalue weighted by atomic mass is 79.9. The molecule has 4 nitrogen and oxygen atoms in total. The molecule has 1 saturated heterocycles. The van der Waals surface area contributed by atoms with Crippen LogP contribution in [0, 0.1) is 0 Å². The molecule has 1 amide bonds. The maximum Gasteiger partial charge on any atom is 0.270 e. The fourth-order valence-electron chi connectivity index (χ4n) is 1.87. The van der Waals surface area contributed by atoms with Crippen LogP contribution in [0.2, 0.25) is 5.02 Å². The third kappa shape index (κ3) is 3.22.